The van der Waals surface area contributed by atoms with E-state index in [1.54, 1.807) is 42.2 Å². The number of benzene rings is 2. The van der Waals surface area contributed by atoms with Gasteiger partial charge in [-0.25, -0.2) is 0 Å². The van der Waals surface area contributed by atoms with Crippen molar-refractivity contribution in [2.45, 2.75) is 197 Å². The van der Waals surface area contributed by atoms with Gasteiger partial charge in [0, 0.05) is 68.1 Å². The lowest BCUT2D eigenvalue weighted by molar-refractivity contribution is -0.157. The number of aryl methyl sites for hydroxylation is 1. The highest BCUT2D eigenvalue weighted by molar-refractivity contribution is 6.31. The van der Waals surface area contributed by atoms with Gasteiger partial charge in [0.15, 0.2) is 0 Å². The predicted octanol–water partition coefficient (Wildman–Crippen LogP) is 5.66. The van der Waals surface area contributed by atoms with Gasteiger partial charge in [-0.1, -0.05) is 108 Å². The number of nitrogens with one attached hydrogen (secondary N) is 3. The summed E-state index contributed by atoms with van der Waals surface area (Å²) in [7, 11) is 9.79. The van der Waals surface area contributed by atoms with Crippen LogP contribution in [-0.4, -0.2) is 240 Å². The summed E-state index contributed by atoms with van der Waals surface area (Å²) in [5.74, 6) is -9.11. The molecule has 3 N–H and O–H groups in total. The molecule has 99 heavy (non-hydrogen) atoms. The van der Waals surface area contributed by atoms with Gasteiger partial charge in [0.2, 0.25) is 70.9 Å². The van der Waals surface area contributed by atoms with Crippen LogP contribution < -0.4 is 20.9 Å². The number of para-hydroxylation sites is 1. The second-order valence-corrected chi connectivity index (χ2v) is 28.5. The number of likely N-dealkylation sites (N-methyl/N-ethyl adjacent to an activating group) is 7. The lowest BCUT2D eigenvalue weighted by Gasteiger charge is -2.44. The second-order valence-electron chi connectivity index (χ2n) is 28.1. The molecule has 12 amide bonds. The van der Waals surface area contributed by atoms with E-state index in [1.165, 1.54) is 77.0 Å². The van der Waals surface area contributed by atoms with Crippen molar-refractivity contribution >= 4 is 88.2 Å². The van der Waals surface area contributed by atoms with E-state index < -0.39 is 174 Å². The number of halogens is 4. The fourth-order valence-corrected chi connectivity index (χ4v) is 14.5. The van der Waals surface area contributed by atoms with Crippen LogP contribution in [0.1, 0.15) is 154 Å². The Kier molecular flexibility index (Phi) is 27.7. The Morgan fingerprint density at radius 3 is 1.85 bits per heavy atom. The van der Waals surface area contributed by atoms with Crippen molar-refractivity contribution in [1.29, 1.82) is 0 Å². The maximum absolute atomic E-state index is 15.5. The summed E-state index contributed by atoms with van der Waals surface area (Å²) >= 11 is 6.17. The molecule has 5 fully saturated rings. The first-order valence-electron chi connectivity index (χ1n) is 35.0. The maximum atomic E-state index is 15.5. The van der Waals surface area contributed by atoms with E-state index in [1.807, 2.05) is 6.92 Å². The van der Waals surface area contributed by atoms with E-state index in [4.69, 9.17) is 11.6 Å². The number of piperidine rings is 1. The minimum atomic E-state index is -4.78. The molecule has 3 saturated carbocycles. The highest BCUT2D eigenvalue weighted by atomic mass is 35.5. The third-order valence-corrected chi connectivity index (χ3v) is 21.5. The van der Waals surface area contributed by atoms with Crippen LogP contribution >= 0.6 is 11.6 Å². The highest BCUT2D eigenvalue weighted by Crippen LogP contribution is 2.39. The molecule has 2 saturated heterocycles. The van der Waals surface area contributed by atoms with Crippen molar-refractivity contribution in [2.24, 2.45) is 17.8 Å². The lowest BCUT2D eigenvalue weighted by Crippen LogP contribution is -2.65. The third-order valence-electron chi connectivity index (χ3n) is 21.2. The number of carbonyl (C=O) groups excluding carboxylic acids is 12. The van der Waals surface area contributed by atoms with E-state index in [-0.39, 0.29) is 49.3 Å². The van der Waals surface area contributed by atoms with Gasteiger partial charge >= 0.3 is 6.18 Å². The zero-order chi connectivity index (χ0) is 72.8. The van der Waals surface area contributed by atoms with Crippen LogP contribution in [0.5, 0.6) is 0 Å². The number of anilines is 1. The Balaban J connectivity index is 1.28. The van der Waals surface area contributed by atoms with Gasteiger partial charge in [0.05, 0.1) is 36.6 Å². The van der Waals surface area contributed by atoms with Crippen molar-refractivity contribution in [3.05, 3.63) is 64.7 Å². The van der Waals surface area contributed by atoms with E-state index in [0.717, 1.165) is 81.6 Å². The summed E-state index contributed by atoms with van der Waals surface area (Å²) in [5.41, 5.74) is -2.25. The number of nitrogens with zero attached hydrogens (tertiary/aromatic N) is 9. The minimum Gasteiger partial charge on any atom is -0.343 e. The molecule has 2 heterocycles. The summed E-state index contributed by atoms with van der Waals surface area (Å²) in [6.45, 7) is 3.28. The third kappa shape index (κ3) is 19.8. The first kappa shape index (κ1) is 78.5. The van der Waals surface area contributed by atoms with E-state index in [9.17, 15) is 56.3 Å². The number of likely N-dealkylation sites (tertiary alicyclic amines) is 1. The monoisotopic (exact) mass is 1410 g/mol. The van der Waals surface area contributed by atoms with Crippen LogP contribution in [0.15, 0.2) is 48.5 Å². The molecule has 2 aromatic rings. The summed E-state index contributed by atoms with van der Waals surface area (Å²) in [4.78, 5) is 188. The number of carbonyl (C=O) groups is 12. The molecule has 2 aliphatic heterocycles. The van der Waals surface area contributed by atoms with Gasteiger partial charge in [-0.15, -0.1) is 0 Å². The molecule has 28 heteroatoms. The Hall–Kier alpha value is -7.84. The second kappa shape index (κ2) is 35.0. The fourth-order valence-electron chi connectivity index (χ4n) is 14.2. The topological polar surface area (TPSA) is 270 Å². The van der Waals surface area contributed by atoms with Gasteiger partial charge in [-0.05, 0) is 119 Å². The molecule has 7 atom stereocenters. The normalized spacial score (nSPS) is 25.4. The largest absolute Gasteiger partial charge is 0.417 e. The quantitative estimate of drug-likeness (QED) is 0.260. The van der Waals surface area contributed by atoms with Crippen LogP contribution in [-0.2, 0) is 70.1 Å². The zero-order valence-electron chi connectivity index (χ0n) is 59.1. The molecule has 7 rings (SSSR count). The number of hydrogen-bond acceptors (Lipinski definition) is 12. The molecule has 546 valence electrons. The molecule has 24 nitrogen and oxygen atoms in total. The van der Waals surface area contributed by atoms with Crippen molar-refractivity contribution in [3.8, 4) is 0 Å². The fraction of sp³-hybridized carbons (Fsp3) is 0.662. The van der Waals surface area contributed by atoms with Crippen molar-refractivity contribution in [2.75, 3.05) is 93.5 Å². The minimum absolute atomic E-state index is 0.00474. The van der Waals surface area contributed by atoms with Crippen LogP contribution in [0.25, 0.3) is 0 Å². The van der Waals surface area contributed by atoms with Gasteiger partial charge in [0.25, 0.3) is 0 Å². The lowest BCUT2D eigenvalue weighted by atomic mass is 9.77. The number of alkyl halides is 3. The van der Waals surface area contributed by atoms with Gasteiger partial charge in [-0.3, -0.25) is 57.5 Å². The van der Waals surface area contributed by atoms with Crippen LogP contribution in [0, 0.1) is 17.8 Å². The van der Waals surface area contributed by atoms with Crippen molar-refractivity contribution in [3.63, 3.8) is 0 Å². The Labute approximate surface area is 584 Å². The number of amides is 12. The first-order chi connectivity index (χ1) is 46.8. The Morgan fingerprint density at radius 2 is 1.25 bits per heavy atom. The van der Waals surface area contributed by atoms with Crippen molar-refractivity contribution < 1.29 is 70.7 Å². The van der Waals surface area contributed by atoms with E-state index >= 15 is 14.4 Å². The summed E-state index contributed by atoms with van der Waals surface area (Å²) in [5, 5.41) is 7.92. The average molecular weight is 1410 g/mol. The number of hydrogen-bond donors (Lipinski definition) is 3. The smallest absolute Gasteiger partial charge is 0.343 e. The van der Waals surface area contributed by atoms with Crippen LogP contribution in [0.4, 0.5) is 18.9 Å². The average Bonchev–Trinajstić information content (AvgIpc) is 1.76. The molecule has 0 bridgehead atoms. The predicted molar refractivity (Wildman–Crippen MR) is 365 cm³/mol. The standard InChI is InChI=1S/C71H102ClF3N12O12/c1-11-45(2)61-67(97)81(6)43-59(91)79(4)44-60(92)83(8)54(39-47-24-15-12-16-25-47)65(95)80(5)41-56(88)76-53(33-31-48-30-32-51(52(72)38-48)71(73,74)75)64(94)87(50-28-17-13-18-29-50)42-57(89)78-70(34-19-20-35-70)69(99)85(10)62(49-26-23-27-49)68(98)84(9)55(66(96)86-36-21-14-22-37-86)40-58(90)82(7)46(3)63(93)77-61/h13,17-18,28-30,32,38,45-47,49,53-55,61-62H,11-12,14-16,19-27,31,33-37,39-44H2,1-10H3,(H,76,88)(H,77,93)(H,78,89)/t45-,46-,53-,54-,55-,61-,62-/m0/s1. The molecule has 0 unspecified atom stereocenters. The molecule has 2 aromatic carbocycles. The molecular weight excluding hydrogens is 1310 g/mol. The summed E-state index contributed by atoms with van der Waals surface area (Å²) < 4.78 is 41.7. The van der Waals surface area contributed by atoms with E-state index in [0.29, 0.717) is 58.0 Å². The molecule has 0 radical (unpaired) electrons. The van der Waals surface area contributed by atoms with E-state index in [2.05, 4.69) is 16.0 Å². The Morgan fingerprint density at radius 1 is 0.636 bits per heavy atom. The van der Waals surface area contributed by atoms with Gasteiger partial charge in [-0.2, -0.15) is 13.2 Å². The first-order valence-corrected chi connectivity index (χ1v) is 35.4. The highest BCUT2D eigenvalue weighted by Gasteiger charge is 2.51. The Bertz CT molecular complexity index is 3250. The molecule has 0 aromatic heterocycles. The molecule has 5 aliphatic rings. The maximum Gasteiger partial charge on any atom is 0.417 e. The molecule has 3 aliphatic carbocycles. The summed E-state index contributed by atoms with van der Waals surface area (Å²) in [6.07, 6.45) is 4.42. The van der Waals surface area contributed by atoms with Crippen LogP contribution in [0.2, 0.25) is 5.02 Å². The van der Waals surface area contributed by atoms with Gasteiger partial charge in [0.1, 0.15) is 48.3 Å². The molecular formula is C71H102ClF3N12O12. The SMILES string of the molecule is CC[C@H](C)[C@@H]1NC(=O)[C@H](C)N(C)C(=O)C[C@@H](C(=O)N2CCCCC2)N(C)C(=O)[C@H](C2CCC2)N(C)C(=O)C2(CCCC2)NC(=O)CN(c2ccccc2)C(=O)[C@H](CCc2ccc(C(F)(F)F)c(Cl)c2)NC(=O)CN(C)C(=O)[C@H](CC2CCCCC2)N(C)C(=O)CN(C)C(=O)CN(C)C1=O. The van der Waals surface area contributed by atoms with Gasteiger partial charge < -0.3 is 60.0 Å². The summed E-state index contributed by atoms with van der Waals surface area (Å²) in [6, 6.07) is 3.40. The zero-order valence-corrected chi connectivity index (χ0v) is 59.9. The number of rotatable bonds is 10. The van der Waals surface area contributed by atoms with Crippen LogP contribution in [0.3, 0.4) is 0 Å². The molecule has 1 spiro atoms. The van der Waals surface area contributed by atoms with Crippen molar-refractivity contribution in [1.82, 2.24) is 55.1 Å².